The molecular formula is C13H12N4O4S. The van der Waals surface area contributed by atoms with Crippen LogP contribution in [0, 0.1) is 0 Å². The summed E-state index contributed by atoms with van der Waals surface area (Å²) >= 11 is 0. The molecular weight excluding hydrogens is 308 g/mol. The van der Waals surface area contributed by atoms with Gasteiger partial charge in [-0.15, -0.1) is 4.28 Å². The van der Waals surface area contributed by atoms with E-state index in [1.807, 2.05) is 36.4 Å². The molecule has 0 aliphatic heterocycles. The molecule has 0 amide bonds. The highest BCUT2D eigenvalue weighted by atomic mass is 32.3. The van der Waals surface area contributed by atoms with Crippen LogP contribution < -0.4 is 5.48 Å². The van der Waals surface area contributed by atoms with E-state index < -0.39 is 10.4 Å². The van der Waals surface area contributed by atoms with Crippen LogP contribution in [0.25, 0.3) is 22.3 Å². The molecule has 1 aromatic carbocycles. The smallest absolute Gasteiger partial charge is 0.310 e. The van der Waals surface area contributed by atoms with Gasteiger partial charge in [-0.25, -0.2) is 10.5 Å². The van der Waals surface area contributed by atoms with E-state index in [1.54, 1.807) is 17.8 Å². The van der Waals surface area contributed by atoms with E-state index >= 15 is 0 Å². The topological polar surface area (TPSA) is 106 Å². The van der Waals surface area contributed by atoms with Crippen LogP contribution in [0.3, 0.4) is 0 Å². The highest BCUT2D eigenvalue weighted by Gasteiger charge is 2.13. The number of aryl methyl sites for hydroxylation is 1. The van der Waals surface area contributed by atoms with E-state index in [-0.39, 0.29) is 5.95 Å². The van der Waals surface area contributed by atoms with Crippen molar-refractivity contribution in [1.82, 2.24) is 14.5 Å². The lowest BCUT2D eigenvalue weighted by atomic mass is 10.1. The second kappa shape index (κ2) is 5.37. The molecule has 0 saturated carbocycles. The lowest BCUT2D eigenvalue weighted by Gasteiger charge is -2.04. The summed E-state index contributed by atoms with van der Waals surface area (Å²) in [6.45, 7) is 0. The van der Waals surface area contributed by atoms with Crippen molar-refractivity contribution in [2.75, 3.05) is 5.48 Å². The Morgan fingerprint density at radius 2 is 1.95 bits per heavy atom. The number of hydrogen-bond acceptors (Lipinski definition) is 6. The Labute approximate surface area is 126 Å². The summed E-state index contributed by atoms with van der Waals surface area (Å²) in [5.41, 5.74) is 5.08. The summed E-state index contributed by atoms with van der Waals surface area (Å²) in [4.78, 5) is 8.33. The van der Waals surface area contributed by atoms with Gasteiger partial charge < -0.3 is 4.57 Å². The average molecular weight is 320 g/mol. The van der Waals surface area contributed by atoms with Gasteiger partial charge in [0, 0.05) is 18.8 Å². The maximum Gasteiger partial charge on any atom is 0.418 e. The van der Waals surface area contributed by atoms with Crippen molar-refractivity contribution in [3.05, 3.63) is 42.6 Å². The number of nitrogens with zero attached hydrogens (tertiary/aromatic N) is 3. The molecule has 9 heteroatoms. The van der Waals surface area contributed by atoms with E-state index in [1.165, 1.54) is 0 Å². The fourth-order valence-electron chi connectivity index (χ4n) is 2.04. The maximum atomic E-state index is 10.6. The number of hydrogen-bond donors (Lipinski definition) is 2. The SMILES string of the molecule is Cn1c(NOS(=O)(=O)O)nc2ncc(-c3ccccc3)cc21. The van der Waals surface area contributed by atoms with Gasteiger partial charge in [-0.05, 0) is 11.6 Å². The Morgan fingerprint density at radius 1 is 1.23 bits per heavy atom. The second-order valence-electron chi connectivity index (χ2n) is 4.54. The maximum absolute atomic E-state index is 10.6. The highest BCUT2D eigenvalue weighted by Crippen LogP contribution is 2.24. The Morgan fingerprint density at radius 3 is 2.64 bits per heavy atom. The molecule has 8 nitrogen and oxygen atoms in total. The Kier molecular flexibility index (Phi) is 3.53. The first-order valence-corrected chi connectivity index (χ1v) is 7.60. The van der Waals surface area contributed by atoms with Gasteiger partial charge in [0.25, 0.3) is 0 Å². The normalized spacial score (nSPS) is 11.7. The molecule has 0 fully saturated rings. The summed E-state index contributed by atoms with van der Waals surface area (Å²) in [5, 5.41) is 0. The zero-order valence-electron chi connectivity index (χ0n) is 11.5. The predicted octanol–water partition coefficient (Wildman–Crippen LogP) is 1.78. The minimum atomic E-state index is -4.61. The van der Waals surface area contributed by atoms with Crippen LogP contribution in [0.5, 0.6) is 0 Å². The van der Waals surface area contributed by atoms with Crippen LogP contribution in [0.4, 0.5) is 5.95 Å². The molecule has 0 radical (unpaired) electrons. The fourth-order valence-corrected chi connectivity index (χ4v) is 2.22. The third-order valence-electron chi connectivity index (χ3n) is 3.08. The molecule has 0 spiro atoms. The number of nitrogens with one attached hydrogen (secondary N) is 1. The van der Waals surface area contributed by atoms with Crippen LogP contribution >= 0.6 is 0 Å². The molecule has 0 bridgehead atoms. The Balaban J connectivity index is 2.00. The number of pyridine rings is 1. The molecule has 2 heterocycles. The third kappa shape index (κ3) is 2.91. The van der Waals surface area contributed by atoms with E-state index in [2.05, 4.69) is 19.7 Å². The minimum Gasteiger partial charge on any atom is -0.310 e. The number of rotatable bonds is 4. The van der Waals surface area contributed by atoms with Crippen LogP contribution in [0.2, 0.25) is 0 Å². The van der Waals surface area contributed by atoms with Crippen molar-refractivity contribution in [3.8, 4) is 11.1 Å². The molecule has 0 saturated heterocycles. The summed E-state index contributed by atoms with van der Waals surface area (Å²) in [7, 11) is -2.94. The molecule has 22 heavy (non-hydrogen) atoms. The Bertz CT molecular complexity index is 922. The van der Waals surface area contributed by atoms with E-state index in [9.17, 15) is 8.42 Å². The summed E-state index contributed by atoms with van der Waals surface area (Å²) in [5.74, 6) is 0.102. The van der Waals surface area contributed by atoms with Gasteiger partial charge in [-0.1, -0.05) is 30.3 Å². The number of benzene rings is 1. The first kappa shape index (κ1) is 14.4. The zero-order chi connectivity index (χ0) is 15.7. The standard InChI is InChI=1S/C13H12N4O4S/c1-17-11-7-10(9-5-3-2-4-6-9)8-14-12(11)15-13(17)16-21-22(18,19)20/h2-8H,1H3,(H,14,15,16)(H,18,19,20). The first-order valence-electron chi connectivity index (χ1n) is 6.24. The lowest BCUT2D eigenvalue weighted by Crippen LogP contribution is -2.12. The monoisotopic (exact) mass is 320 g/mol. The van der Waals surface area contributed by atoms with Crippen molar-refractivity contribution in [2.24, 2.45) is 7.05 Å². The van der Waals surface area contributed by atoms with Crippen molar-refractivity contribution >= 4 is 27.5 Å². The van der Waals surface area contributed by atoms with Gasteiger partial charge in [-0.3, -0.25) is 4.55 Å². The zero-order valence-corrected chi connectivity index (χ0v) is 12.3. The molecule has 3 aromatic rings. The van der Waals surface area contributed by atoms with E-state index in [0.717, 1.165) is 11.1 Å². The quantitative estimate of drug-likeness (QED) is 0.557. The second-order valence-corrected chi connectivity index (χ2v) is 5.56. The summed E-state index contributed by atoms with van der Waals surface area (Å²) in [6.07, 6.45) is 1.68. The highest BCUT2D eigenvalue weighted by molar-refractivity contribution is 7.80. The van der Waals surface area contributed by atoms with Crippen LogP contribution in [0.1, 0.15) is 0 Å². The van der Waals surface area contributed by atoms with Crippen LogP contribution in [-0.2, 0) is 21.7 Å². The Hall–Kier alpha value is -2.49. The molecule has 0 atom stereocenters. The van der Waals surface area contributed by atoms with Crippen LogP contribution in [-0.4, -0.2) is 27.5 Å². The lowest BCUT2D eigenvalue weighted by molar-refractivity contribution is 0.317. The predicted molar refractivity (Wildman–Crippen MR) is 80.2 cm³/mol. The number of imidazole rings is 1. The van der Waals surface area contributed by atoms with Gasteiger partial charge in [0.15, 0.2) is 5.65 Å². The molecule has 2 aromatic heterocycles. The van der Waals surface area contributed by atoms with Gasteiger partial charge in [0.05, 0.1) is 5.52 Å². The van der Waals surface area contributed by atoms with Crippen molar-refractivity contribution in [3.63, 3.8) is 0 Å². The van der Waals surface area contributed by atoms with Crippen molar-refractivity contribution < 1.29 is 17.3 Å². The molecule has 2 N–H and O–H groups in total. The molecule has 0 unspecified atom stereocenters. The summed E-state index contributed by atoms with van der Waals surface area (Å²) < 4.78 is 35.4. The third-order valence-corrected chi connectivity index (χ3v) is 3.38. The molecule has 3 rings (SSSR count). The van der Waals surface area contributed by atoms with E-state index in [4.69, 9.17) is 4.55 Å². The van der Waals surface area contributed by atoms with Gasteiger partial charge in [0.1, 0.15) is 0 Å². The van der Waals surface area contributed by atoms with Gasteiger partial charge in [-0.2, -0.15) is 13.4 Å². The fraction of sp³-hybridized carbons (Fsp3) is 0.0769. The van der Waals surface area contributed by atoms with Crippen molar-refractivity contribution in [1.29, 1.82) is 0 Å². The minimum absolute atomic E-state index is 0.102. The van der Waals surface area contributed by atoms with Gasteiger partial charge in [0.2, 0.25) is 5.95 Å². The number of anilines is 1. The molecule has 0 aliphatic rings. The van der Waals surface area contributed by atoms with E-state index in [0.29, 0.717) is 11.2 Å². The first-order chi connectivity index (χ1) is 10.4. The average Bonchev–Trinajstić information content (AvgIpc) is 2.81. The van der Waals surface area contributed by atoms with Gasteiger partial charge >= 0.3 is 10.4 Å². The number of fused-ring (bicyclic) bond motifs is 1. The van der Waals surface area contributed by atoms with Crippen molar-refractivity contribution in [2.45, 2.75) is 0 Å². The largest absolute Gasteiger partial charge is 0.418 e. The summed E-state index contributed by atoms with van der Waals surface area (Å²) in [6, 6.07) is 11.6. The number of aromatic nitrogens is 3. The van der Waals surface area contributed by atoms with Crippen LogP contribution in [0.15, 0.2) is 42.6 Å². The molecule has 0 aliphatic carbocycles. The molecule has 114 valence electrons.